The Bertz CT molecular complexity index is 286. The van der Waals surface area contributed by atoms with Crippen molar-refractivity contribution in [3.05, 3.63) is 6.33 Å². The van der Waals surface area contributed by atoms with E-state index >= 15 is 0 Å². The van der Waals surface area contributed by atoms with Crippen LogP contribution in [0.4, 0.5) is 5.13 Å². The van der Waals surface area contributed by atoms with Gasteiger partial charge in [0, 0.05) is 30.5 Å². The van der Waals surface area contributed by atoms with Crippen LogP contribution in [0, 0.1) is 0 Å². The smallest absolute Gasteiger partial charge is 0.230 e. The van der Waals surface area contributed by atoms with Crippen LogP contribution >= 0.6 is 11.5 Å². The Hall–Kier alpha value is -1.01. The average molecular weight is 184 g/mol. The number of nitrogens with zero attached hydrogens (tertiary/aromatic N) is 3. The molecule has 0 bridgehead atoms. The van der Waals surface area contributed by atoms with E-state index in [0.717, 1.165) is 0 Å². The van der Waals surface area contributed by atoms with Crippen LogP contribution in [0.25, 0.3) is 0 Å². The van der Waals surface area contributed by atoms with Gasteiger partial charge >= 0.3 is 0 Å². The zero-order valence-electron chi connectivity index (χ0n) is 6.30. The van der Waals surface area contributed by atoms with Crippen LogP contribution in [-0.4, -0.2) is 27.9 Å². The van der Waals surface area contributed by atoms with E-state index in [2.05, 4.69) is 9.36 Å². The van der Waals surface area contributed by atoms with Crippen molar-refractivity contribution >= 4 is 22.6 Å². The molecular weight excluding hydrogens is 176 g/mol. The summed E-state index contributed by atoms with van der Waals surface area (Å²) in [5, 5.41) is 0.646. The zero-order valence-corrected chi connectivity index (χ0v) is 7.12. The molecule has 2 heterocycles. The fourth-order valence-corrected chi connectivity index (χ4v) is 1.76. The van der Waals surface area contributed by atoms with Crippen LogP contribution in [0.5, 0.6) is 0 Å². The molecule has 1 aromatic heterocycles. The quantitative estimate of drug-likeness (QED) is 0.644. The second-order valence-corrected chi connectivity index (χ2v) is 3.45. The fraction of sp³-hybridized carbons (Fsp3) is 0.500. The van der Waals surface area contributed by atoms with Crippen LogP contribution < -0.4 is 10.6 Å². The molecule has 2 N–H and O–H groups in total. The molecule has 12 heavy (non-hydrogen) atoms. The molecular formula is C6H8N4OS. The molecule has 0 aromatic carbocycles. The first kappa shape index (κ1) is 7.63. The van der Waals surface area contributed by atoms with Crippen LogP contribution in [0.1, 0.15) is 6.42 Å². The molecule has 1 aromatic rings. The van der Waals surface area contributed by atoms with Crippen LogP contribution in [0.3, 0.4) is 0 Å². The molecule has 6 heteroatoms. The Balaban J connectivity index is 2.21. The van der Waals surface area contributed by atoms with E-state index in [1.165, 1.54) is 17.9 Å². The minimum Gasteiger partial charge on any atom is -0.326 e. The molecule has 1 fully saturated rings. The van der Waals surface area contributed by atoms with Crippen molar-refractivity contribution in [2.24, 2.45) is 5.73 Å². The third-order valence-electron chi connectivity index (χ3n) is 1.74. The number of amides is 1. The molecule has 1 unspecified atom stereocenters. The molecule has 0 aliphatic carbocycles. The van der Waals surface area contributed by atoms with Gasteiger partial charge in [0.1, 0.15) is 6.33 Å². The second-order valence-electron chi connectivity index (χ2n) is 2.69. The molecule has 1 amide bonds. The van der Waals surface area contributed by atoms with E-state index in [-0.39, 0.29) is 11.9 Å². The fourth-order valence-electron chi connectivity index (χ4n) is 1.21. The predicted octanol–water partition coefficient (Wildman–Crippen LogP) is -0.398. The Morgan fingerprint density at radius 3 is 3.08 bits per heavy atom. The summed E-state index contributed by atoms with van der Waals surface area (Å²) in [6.07, 6.45) is 1.86. The van der Waals surface area contributed by atoms with Crippen molar-refractivity contribution in [1.29, 1.82) is 0 Å². The number of aromatic nitrogens is 2. The largest absolute Gasteiger partial charge is 0.326 e. The lowest BCUT2D eigenvalue weighted by molar-refractivity contribution is -0.117. The maximum Gasteiger partial charge on any atom is 0.230 e. The number of hydrogen-bond acceptors (Lipinski definition) is 5. The molecule has 64 valence electrons. The summed E-state index contributed by atoms with van der Waals surface area (Å²) in [7, 11) is 0. The van der Waals surface area contributed by atoms with E-state index in [1.54, 1.807) is 4.90 Å². The Labute approximate surface area is 73.4 Å². The van der Waals surface area contributed by atoms with E-state index in [9.17, 15) is 4.79 Å². The van der Waals surface area contributed by atoms with Gasteiger partial charge in [-0.2, -0.15) is 4.37 Å². The maximum atomic E-state index is 11.3. The lowest BCUT2D eigenvalue weighted by Crippen LogP contribution is -2.27. The molecule has 0 radical (unpaired) electrons. The van der Waals surface area contributed by atoms with Gasteiger partial charge in [-0.25, -0.2) is 4.98 Å². The van der Waals surface area contributed by atoms with Gasteiger partial charge in [0.25, 0.3) is 0 Å². The van der Waals surface area contributed by atoms with E-state index in [4.69, 9.17) is 5.73 Å². The summed E-state index contributed by atoms with van der Waals surface area (Å²) >= 11 is 1.21. The first-order valence-electron chi connectivity index (χ1n) is 3.60. The highest BCUT2D eigenvalue weighted by Crippen LogP contribution is 2.20. The van der Waals surface area contributed by atoms with Crippen molar-refractivity contribution in [3.8, 4) is 0 Å². The zero-order chi connectivity index (χ0) is 8.55. The van der Waals surface area contributed by atoms with Gasteiger partial charge in [-0.1, -0.05) is 0 Å². The SMILES string of the molecule is NC1CC(=O)N(c2ncns2)C1. The number of rotatable bonds is 1. The highest BCUT2D eigenvalue weighted by Gasteiger charge is 2.29. The normalized spacial score (nSPS) is 23.6. The third kappa shape index (κ3) is 1.19. The standard InChI is InChI=1S/C6H8N4OS/c7-4-1-5(11)10(2-4)6-8-3-9-12-6/h3-4H,1-2,7H2. The number of nitrogens with two attached hydrogens (primary N) is 1. The molecule has 1 aliphatic rings. The summed E-state index contributed by atoms with van der Waals surface area (Å²) in [6, 6.07) is -0.0543. The maximum absolute atomic E-state index is 11.3. The molecule has 2 rings (SSSR count). The number of hydrogen-bond donors (Lipinski definition) is 1. The van der Waals surface area contributed by atoms with Gasteiger partial charge in [-0.3, -0.25) is 9.69 Å². The lowest BCUT2D eigenvalue weighted by atomic mass is 10.3. The van der Waals surface area contributed by atoms with E-state index in [1.807, 2.05) is 0 Å². The van der Waals surface area contributed by atoms with Gasteiger partial charge in [0.05, 0.1) is 0 Å². The highest BCUT2D eigenvalue weighted by atomic mass is 32.1. The summed E-state index contributed by atoms with van der Waals surface area (Å²) in [5.41, 5.74) is 5.62. The highest BCUT2D eigenvalue weighted by molar-refractivity contribution is 7.09. The minimum atomic E-state index is -0.0543. The van der Waals surface area contributed by atoms with E-state index < -0.39 is 0 Å². The average Bonchev–Trinajstić information content (AvgIpc) is 2.58. The molecule has 0 spiro atoms. The Morgan fingerprint density at radius 1 is 1.75 bits per heavy atom. The van der Waals surface area contributed by atoms with Crippen molar-refractivity contribution in [1.82, 2.24) is 9.36 Å². The first-order valence-corrected chi connectivity index (χ1v) is 4.37. The van der Waals surface area contributed by atoms with Crippen molar-refractivity contribution in [2.45, 2.75) is 12.5 Å². The predicted molar refractivity (Wildman–Crippen MR) is 44.9 cm³/mol. The topological polar surface area (TPSA) is 72.1 Å². The number of anilines is 1. The lowest BCUT2D eigenvalue weighted by Gasteiger charge is -2.09. The summed E-state index contributed by atoms with van der Waals surface area (Å²) in [4.78, 5) is 16.8. The monoisotopic (exact) mass is 184 g/mol. The second kappa shape index (κ2) is 2.80. The van der Waals surface area contributed by atoms with Gasteiger partial charge < -0.3 is 5.73 Å². The van der Waals surface area contributed by atoms with Crippen LogP contribution in [-0.2, 0) is 4.79 Å². The van der Waals surface area contributed by atoms with Gasteiger partial charge in [-0.05, 0) is 0 Å². The van der Waals surface area contributed by atoms with Gasteiger partial charge in [0.2, 0.25) is 11.0 Å². The molecule has 0 saturated carbocycles. The van der Waals surface area contributed by atoms with Crippen LogP contribution in [0.15, 0.2) is 6.33 Å². The molecule has 5 nitrogen and oxygen atoms in total. The van der Waals surface area contributed by atoms with Crippen molar-refractivity contribution in [2.75, 3.05) is 11.4 Å². The minimum absolute atomic E-state index is 0.0410. The molecule has 1 aliphatic heterocycles. The number of carbonyl (C=O) groups is 1. The first-order chi connectivity index (χ1) is 5.77. The van der Waals surface area contributed by atoms with E-state index in [0.29, 0.717) is 18.1 Å². The summed E-state index contributed by atoms with van der Waals surface area (Å²) < 4.78 is 3.82. The summed E-state index contributed by atoms with van der Waals surface area (Å²) in [6.45, 7) is 0.564. The van der Waals surface area contributed by atoms with Gasteiger partial charge in [-0.15, -0.1) is 0 Å². The number of carbonyl (C=O) groups excluding carboxylic acids is 1. The third-order valence-corrected chi connectivity index (χ3v) is 2.42. The van der Waals surface area contributed by atoms with Crippen LogP contribution in [0.2, 0.25) is 0 Å². The molecule has 1 saturated heterocycles. The van der Waals surface area contributed by atoms with Crippen molar-refractivity contribution in [3.63, 3.8) is 0 Å². The van der Waals surface area contributed by atoms with Crippen molar-refractivity contribution < 1.29 is 4.79 Å². The Morgan fingerprint density at radius 2 is 2.58 bits per heavy atom. The Kier molecular flexibility index (Phi) is 1.78. The molecule has 1 atom stereocenters. The van der Waals surface area contributed by atoms with Gasteiger partial charge in [0.15, 0.2) is 0 Å². The summed E-state index contributed by atoms with van der Waals surface area (Å²) in [5.74, 6) is 0.0410.